The van der Waals surface area contributed by atoms with Crippen molar-refractivity contribution in [3.8, 4) is 0 Å². The molecule has 1 saturated heterocycles. The Labute approximate surface area is 181 Å². The quantitative estimate of drug-likeness (QED) is 0.565. The van der Waals surface area contributed by atoms with Crippen molar-refractivity contribution in [3.63, 3.8) is 0 Å². The number of amides is 2. The first-order valence-electron chi connectivity index (χ1n) is 9.02. The Morgan fingerprint density at radius 2 is 1.73 bits per heavy atom. The van der Waals surface area contributed by atoms with E-state index in [0.29, 0.717) is 11.3 Å². The normalized spacial score (nSPS) is 18.4. The van der Waals surface area contributed by atoms with Crippen molar-refractivity contribution in [2.45, 2.75) is 13.0 Å². The number of nitrogens with zero attached hydrogens (tertiary/aromatic N) is 2. The molecule has 0 atom stereocenters. The van der Waals surface area contributed by atoms with E-state index in [9.17, 15) is 18.8 Å². The highest BCUT2D eigenvalue weighted by Crippen LogP contribution is 2.45. The van der Waals surface area contributed by atoms with Gasteiger partial charge in [0.05, 0.1) is 29.1 Å². The van der Waals surface area contributed by atoms with Gasteiger partial charge in [-0.1, -0.05) is 54.3 Å². The smallest absolute Gasteiger partial charge is 0.305 e. The first-order chi connectivity index (χ1) is 14.4. The van der Waals surface area contributed by atoms with Gasteiger partial charge in [0.2, 0.25) is 0 Å². The van der Waals surface area contributed by atoms with Crippen LogP contribution in [0.25, 0.3) is 5.57 Å². The van der Waals surface area contributed by atoms with E-state index in [1.165, 1.54) is 17.0 Å². The molecule has 0 unspecified atom stereocenters. The zero-order chi connectivity index (χ0) is 21.4. The monoisotopic (exact) mass is 442 g/mol. The van der Waals surface area contributed by atoms with Gasteiger partial charge in [0.1, 0.15) is 10.1 Å². The van der Waals surface area contributed by atoms with Crippen LogP contribution in [-0.2, 0) is 20.9 Å². The van der Waals surface area contributed by atoms with E-state index in [1.54, 1.807) is 41.3 Å². The molecule has 2 amide bonds. The number of rotatable bonds is 5. The lowest BCUT2D eigenvalue weighted by molar-refractivity contribution is -0.137. The van der Waals surface area contributed by atoms with Crippen LogP contribution < -0.4 is 4.90 Å². The summed E-state index contributed by atoms with van der Waals surface area (Å²) in [4.78, 5) is 40.1. The molecule has 4 rings (SSSR count). The highest BCUT2D eigenvalue weighted by atomic mass is 32.2. The first-order valence-corrected chi connectivity index (χ1v) is 10.2. The number of para-hydroxylation sites is 1. The minimum atomic E-state index is -1.04. The molecule has 2 heterocycles. The summed E-state index contributed by atoms with van der Waals surface area (Å²) in [5.74, 6) is -2.21. The number of carbonyl (C=O) groups is 3. The summed E-state index contributed by atoms with van der Waals surface area (Å²) in [5.41, 5.74) is 2.26. The van der Waals surface area contributed by atoms with E-state index in [4.69, 9.17) is 17.3 Å². The Bertz CT molecular complexity index is 1110. The molecule has 2 aliphatic heterocycles. The van der Waals surface area contributed by atoms with E-state index >= 15 is 0 Å². The topological polar surface area (TPSA) is 77.9 Å². The van der Waals surface area contributed by atoms with Crippen LogP contribution >= 0.6 is 24.0 Å². The summed E-state index contributed by atoms with van der Waals surface area (Å²) >= 11 is 6.25. The Morgan fingerprint density at radius 1 is 1.03 bits per heavy atom. The third-order valence-electron chi connectivity index (χ3n) is 4.80. The maximum atomic E-state index is 13.3. The average molecular weight is 442 g/mol. The number of carbonyl (C=O) groups excluding carboxylic acids is 2. The van der Waals surface area contributed by atoms with Crippen molar-refractivity contribution in [1.29, 1.82) is 0 Å². The number of thioether (sulfide) groups is 1. The van der Waals surface area contributed by atoms with Gasteiger partial charge >= 0.3 is 5.97 Å². The van der Waals surface area contributed by atoms with Gasteiger partial charge in [-0.3, -0.25) is 19.3 Å². The second kappa shape index (κ2) is 8.00. The molecular weight excluding hydrogens is 427 g/mol. The van der Waals surface area contributed by atoms with Crippen LogP contribution in [-0.4, -0.2) is 38.7 Å². The van der Waals surface area contributed by atoms with E-state index in [1.807, 2.05) is 0 Å². The number of hydrogen-bond donors (Lipinski definition) is 1. The number of fused-ring (bicyclic) bond motifs is 1. The van der Waals surface area contributed by atoms with Crippen LogP contribution in [0.4, 0.5) is 10.1 Å². The average Bonchev–Trinajstić information content (AvgIpc) is 3.15. The van der Waals surface area contributed by atoms with Gasteiger partial charge in [0, 0.05) is 12.1 Å². The molecule has 2 aliphatic rings. The van der Waals surface area contributed by atoms with Crippen molar-refractivity contribution >= 4 is 57.3 Å². The molecular formula is C21H15FN2O4S2. The standard InChI is InChI=1S/C21H15FN2O4S2/c22-13-7-5-12(6-8-13)11-24-15-4-2-1-3-14(15)17(19(24)27)18-20(28)23(21(29)30-18)10-9-16(25)26/h1-8H,9-11H2,(H,25,26)/b18-17-. The maximum Gasteiger partial charge on any atom is 0.305 e. The second-order valence-electron chi connectivity index (χ2n) is 6.71. The minimum Gasteiger partial charge on any atom is -0.481 e. The molecule has 0 spiro atoms. The van der Waals surface area contributed by atoms with Gasteiger partial charge < -0.3 is 10.0 Å². The number of aliphatic carboxylic acids is 1. The zero-order valence-electron chi connectivity index (χ0n) is 15.5. The Hall–Kier alpha value is -3.04. The largest absolute Gasteiger partial charge is 0.481 e. The van der Waals surface area contributed by atoms with Crippen LogP contribution in [0.1, 0.15) is 17.5 Å². The summed E-state index contributed by atoms with van der Waals surface area (Å²) < 4.78 is 13.5. The third kappa shape index (κ3) is 3.61. The predicted octanol–water partition coefficient (Wildman–Crippen LogP) is 3.42. The number of benzene rings is 2. The Kier molecular flexibility index (Phi) is 5.40. The lowest BCUT2D eigenvalue weighted by atomic mass is 10.1. The fourth-order valence-electron chi connectivity index (χ4n) is 3.38. The van der Waals surface area contributed by atoms with Crippen molar-refractivity contribution in [2.75, 3.05) is 11.4 Å². The number of carboxylic acid groups (broad SMARTS) is 1. The summed E-state index contributed by atoms with van der Waals surface area (Å²) in [6.07, 6.45) is -0.240. The van der Waals surface area contributed by atoms with E-state index in [2.05, 4.69) is 0 Å². The van der Waals surface area contributed by atoms with Crippen LogP contribution in [0.15, 0.2) is 53.4 Å². The van der Waals surface area contributed by atoms with Gasteiger partial charge in [-0.25, -0.2) is 4.39 Å². The second-order valence-corrected chi connectivity index (χ2v) is 8.35. The van der Waals surface area contributed by atoms with E-state index in [0.717, 1.165) is 17.3 Å². The summed E-state index contributed by atoms with van der Waals surface area (Å²) in [6.45, 7) is 0.171. The number of carboxylic acids is 1. The van der Waals surface area contributed by atoms with E-state index in [-0.39, 0.29) is 46.0 Å². The van der Waals surface area contributed by atoms with Crippen LogP contribution in [0.5, 0.6) is 0 Å². The molecule has 6 nitrogen and oxygen atoms in total. The SMILES string of the molecule is O=C(O)CCN1C(=O)/C(=C2/C(=O)N(Cc3ccc(F)cc3)c3ccccc32)SC1=S. The van der Waals surface area contributed by atoms with Gasteiger partial charge in [-0.05, 0) is 23.8 Å². The van der Waals surface area contributed by atoms with Crippen LogP contribution in [0.2, 0.25) is 0 Å². The maximum absolute atomic E-state index is 13.3. The molecule has 1 N–H and O–H groups in total. The fourth-order valence-corrected chi connectivity index (χ4v) is 4.76. The fraction of sp³-hybridized carbons (Fsp3) is 0.143. The molecule has 2 aromatic rings. The molecule has 2 aromatic carbocycles. The highest BCUT2D eigenvalue weighted by Gasteiger charge is 2.41. The van der Waals surface area contributed by atoms with Crippen molar-refractivity contribution in [2.24, 2.45) is 0 Å². The molecule has 152 valence electrons. The number of hydrogen-bond acceptors (Lipinski definition) is 5. The van der Waals surface area contributed by atoms with Crippen LogP contribution in [0, 0.1) is 5.82 Å². The molecule has 0 bridgehead atoms. The number of halogens is 1. The Morgan fingerprint density at radius 3 is 2.43 bits per heavy atom. The Balaban J connectivity index is 1.71. The molecule has 0 aromatic heterocycles. The molecule has 9 heteroatoms. The molecule has 0 aliphatic carbocycles. The van der Waals surface area contributed by atoms with Gasteiger partial charge in [-0.2, -0.15) is 0 Å². The van der Waals surface area contributed by atoms with Crippen molar-refractivity contribution in [1.82, 2.24) is 4.90 Å². The molecule has 30 heavy (non-hydrogen) atoms. The number of anilines is 1. The van der Waals surface area contributed by atoms with E-state index < -0.39 is 11.9 Å². The highest BCUT2D eigenvalue weighted by molar-refractivity contribution is 8.26. The lowest BCUT2D eigenvalue weighted by Gasteiger charge is -2.17. The first kappa shape index (κ1) is 20.2. The minimum absolute atomic E-state index is 0.0497. The van der Waals surface area contributed by atoms with Crippen molar-refractivity contribution in [3.05, 3.63) is 70.4 Å². The summed E-state index contributed by atoms with van der Waals surface area (Å²) in [7, 11) is 0. The third-order valence-corrected chi connectivity index (χ3v) is 6.25. The summed E-state index contributed by atoms with van der Waals surface area (Å²) in [6, 6.07) is 13.0. The molecule has 0 saturated carbocycles. The number of thiocarbonyl (C=S) groups is 1. The lowest BCUT2D eigenvalue weighted by Crippen LogP contribution is -2.31. The molecule has 0 radical (unpaired) electrons. The van der Waals surface area contributed by atoms with Gasteiger partial charge in [0.15, 0.2) is 0 Å². The van der Waals surface area contributed by atoms with Gasteiger partial charge in [-0.15, -0.1) is 0 Å². The van der Waals surface area contributed by atoms with Crippen LogP contribution in [0.3, 0.4) is 0 Å². The van der Waals surface area contributed by atoms with Gasteiger partial charge in [0.25, 0.3) is 11.8 Å². The molecule has 1 fully saturated rings. The van der Waals surface area contributed by atoms with Crippen molar-refractivity contribution < 1.29 is 23.9 Å². The summed E-state index contributed by atoms with van der Waals surface area (Å²) in [5, 5.41) is 8.90. The predicted molar refractivity (Wildman–Crippen MR) is 115 cm³/mol. The zero-order valence-corrected chi connectivity index (χ0v) is 17.1.